The summed E-state index contributed by atoms with van der Waals surface area (Å²) < 4.78 is 0. The molecule has 130 valence electrons. The number of nitrogens with zero attached hydrogens (tertiary/aromatic N) is 5. The third-order valence-corrected chi connectivity index (χ3v) is 5.08. The number of carbonyl (C=O) groups excluding carboxylic acids is 1. The lowest BCUT2D eigenvalue weighted by Crippen LogP contribution is -2.38. The van der Waals surface area contributed by atoms with Crippen molar-refractivity contribution < 1.29 is 4.79 Å². The highest BCUT2D eigenvalue weighted by Crippen LogP contribution is 2.31. The summed E-state index contributed by atoms with van der Waals surface area (Å²) in [4.78, 5) is 30.0. The fourth-order valence-electron chi connectivity index (χ4n) is 3.66. The second kappa shape index (κ2) is 6.78. The van der Waals surface area contributed by atoms with Gasteiger partial charge in [-0.1, -0.05) is 0 Å². The summed E-state index contributed by atoms with van der Waals surface area (Å²) in [6.07, 6.45) is 8.00. The van der Waals surface area contributed by atoms with E-state index in [1.54, 1.807) is 19.3 Å². The predicted molar refractivity (Wildman–Crippen MR) is 96.1 cm³/mol. The topological polar surface area (TPSA) is 62.2 Å². The van der Waals surface area contributed by atoms with Gasteiger partial charge in [-0.05, 0) is 31.4 Å². The molecule has 0 saturated carbocycles. The van der Waals surface area contributed by atoms with Gasteiger partial charge in [-0.2, -0.15) is 0 Å². The first-order valence-electron chi connectivity index (χ1n) is 9.03. The van der Waals surface area contributed by atoms with Gasteiger partial charge in [0, 0.05) is 56.5 Å². The number of piperidine rings is 1. The van der Waals surface area contributed by atoms with Crippen molar-refractivity contribution in [2.75, 3.05) is 24.5 Å². The van der Waals surface area contributed by atoms with Crippen LogP contribution in [0, 0.1) is 0 Å². The third kappa shape index (κ3) is 3.21. The molecule has 1 saturated heterocycles. The maximum absolute atomic E-state index is 11.8. The largest absolute Gasteiger partial charge is 0.356 e. The maximum atomic E-state index is 11.8. The number of fused-ring (bicyclic) bond motifs is 1. The molecule has 0 aromatic carbocycles. The van der Waals surface area contributed by atoms with Crippen LogP contribution in [-0.2, 0) is 17.8 Å². The first-order valence-corrected chi connectivity index (χ1v) is 9.03. The average molecular weight is 337 g/mol. The van der Waals surface area contributed by atoms with Crippen molar-refractivity contribution in [3.8, 4) is 11.4 Å². The molecule has 0 aliphatic carbocycles. The molecule has 1 amide bonds. The van der Waals surface area contributed by atoms with E-state index < -0.39 is 0 Å². The van der Waals surface area contributed by atoms with Gasteiger partial charge in [-0.15, -0.1) is 0 Å². The van der Waals surface area contributed by atoms with Gasteiger partial charge >= 0.3 is 0 Å². The zero-order valence-electron chi connectivity index (χ0n) is 14.6. The molecule has 25 heavy (non-hydrogen) atoms. The zero-order valence-corrected chi connectivity index (χ0v) is 14.6. The minimum Gasteiger partial charge on any atom is -0.356 e. The van der Waals surface area contributed by atoms with Crippen LogP contribution in [-0.4, -0.2) is 45.4 Å². The molecule has 0 unspecified atom stereocenters. The summed E-state index contributed by atoms with van der Waals surface area (Å²) in [7, 11) is 0. The fourth-order valence-corrected chi connectivity index (χ4v) is 3.66. The highest BCUT2D eigenvalue weighted by molar-refractivity contribution is 5.74. The second-order valence-electron chi connectivity index (χ2n) is 6.77. The van der Waals surface area contributed by atoms with Gasteiger partial charge in [-0.3, -0.25) is 9.78 Å². The quantitative estimate of drug-likeness (QED) is 0.842. The van der Waals surface area contributed by atoms with Crippen molar-refractivity contribution in [1.29, 1.82) is 0 Å². The zero-order chi connectivity index (χ0) is 17.2. The summed E-state index contributed by atoms with van der Waals surface area (Å²) >= 11 is 0. The van der Waals surface area contributed by atoms with Crippen molar-refractivity contribution in [2.45, 2.75) is 39.2 Å². The van der Waals surface area contributed by atoms with E-state index in [1.807, 2.05) is 17.0 Å². The first kappa shape index (κ1) is 16.0. The van der Waals surface area contributed by atoms with Crippen LogP contribution in [0.2, 0.25) is 0 Å². The Labute approximate surface area is 147 Å². The summed E-state index contributed by atoms with van der Waals surface area (Å²) in [6.45, 7) is 5.04. The van der Waals surface area contributed by atoms with Gasteiger partial charge in [0.2, 0.25) is 5.91 Å². The van der Waals surface area contributed by atoms with E-state index in [1.165, 1.54) is 19.3 Å². The van der Waals surface area contributed by atoms with Crippen LogP contribution in [0.5, 0.6) is 0 Å². The van der Waals surface area contributed by atoms with Gasteiger partial charge in [0.15, 0.2) is 5.82 Å². The van der Waals surface area contributed by atoms with Gasteiger partial charge in [0.25, 0.3) is 0 Å². The molecule has 2 aromatic rings. The molecule has 2 aromatic heterocycles. The summed E-state index contributed by atoms with van der Waals surface area (Å²) in [5, 5.41) is 0. The molecule has 0 atom stereocenters. The van der Waals surface area contributed by atoms with E-state index in [0.29, 0.717) is 6.54 Å². The number of amides is 1. The molecule has 4 rings (SSSR count). The number of rotatable bonds is 2. The Hall–Kier alpha value is -2.50. The molecule has 0 radical (unpaired) electrons. The lowest BCUT2D eigenvalue weighted by Gasteiger charge is -2.34. The Morgan fingerprint density at radius 3 is 2.52 bits per heavy atom. The van der Waals surface area contributed by atoms with E-state index in [4.69, 9.17) is 9.97 Å². The molecule has 2 aliphatic rings. The van der Waals surface area contributed by atoms with Gasteiger partial charge in [-0.25, -0.2) is 9.97 Å². The maximum Gasteiger partial charge on any atom is 0.219 e. The molecule has 6 heteroatoms. The highest BCUT2D eigenvalue weighted by Gasteiger charge is 2.27. The number of aromatic nitrogens is 3. The number of hydrogen-bond acceptors (Lipinski definition) is 5. The van der Waals surface area contributed by atoms with Crippen molar-refractivity contribution >= 4 is 11.7 Å². The molecule has 4 heterocycles. The lowest BCUT2D eigenvalue weighted by atomic mass is 10.0. The number of anilines is 1. The lowest BCUT2D eigenvalue weighted by molar-refractivity contribution is -0.129. The standard InChI is InChI=1S/C19H23N5O/c1-14(25)24-12-7-17-16(13-24)19(23-10-3-2-4-11-23)22-18(21-17)15-5-8-20-9-6-15/h5-6,8-9H,2-4,7,10-13H2,1H3. The molecule has 0 N–H and O–H groups in total. The van der Waals surface area contributed by atoms with Crippen LogP contribution < -0.4 is 4.90 Å². The van der Waals surface area contributed by atoms with Crippen molar-refractivity contribution in [2.24, 2.45) is 0 Å². The van der Waals surface area contributed by atoms with Crippen LogP contribution in [0.15, 0.2) is 24.5 Å². The number of hydrogen-bond donors (Lipinski definition) is 0. The molecule has 6 nitrogen and oxygen atoms in total. The Kier molecular flexibility index (Phi) is 4.34. The third-order valence-electron chi connectivity index (χ3n) is 5.08. The summed E-state index contributed by atoms with van der Waals surface area (Å²) in [6, 6.07) is 3.90. The first-order chi connectivity index (χ1) is 12.2. The van der Waals surface area contributed by atoms with Crippen molar-refractivity contribution in [1.82, 2.24) is 19.9 Å². The minimum absolute atomic E-state index is 0.119. The van der Waals surface area contributed by atoms with Crippen LogP contribution in [0.4, 0.5) is 5.82 Å². The SMILES string of the molecule is CC(=O)N1CCc2nc(-c3ccncc3)nc(N3CCCCC3)c2C1. The highest BCUT2D eigenvalue weighted by atomic mass is 16.2. The van der Waals surface area contributed by atoms with Gasteiger partial charge in [0.05, 0.1) is 12.2 Å². The van der Waals surface area contributed by atoms with E-state index >= 15 is 0 Å². The molecule has 2 aliphatic heterocycles. The van der Waals surface area contributed by atoms with Gasteiger partial charge in [0.1, 0.15) is 5.82 Å². The van der Waals surface area contributed by atoms with Gasteiger partial charge < -0.3 is 9.80 Å². The smallest absolute Gasteiger partial charge is 0.219 e. The van der Waals surface area contributed by atoms with E-state index in [-0.39, 0.29) is 5.91 Å². The molecule has 0 spiro atoms. The number of pyridine rings is 1. The van der Waals surface area contributed by atoms with Crippen LogP contribution >= 0.6 is 0 Å². The van der Waals surface area contributed by atoms with E-state index in [9.17, 15) is 4.79 Å². The van der Waals surface area contributed by atoms with E-state index in [0.717, 1.165) is 54.5 Å². The molecular weight excluding hydrogens is 314 g/mol. The van der Waals surface area contributed by atoms with Crippen LogP contribution in [0.25, 0.3) is 11.4 Å². The average Bonchev–Trinajstić information content (AvgIpc) is 2.68. The Balaban J connectivity index is 1.79. The van der Waals surface area contributed by atoms with Crippen molar-refractivity contribution in [3.63, 3.8) is 0 Å². The minimum atomic E-state index is 0.119. The van der Waals surface area contributed by atoms with Crippen molar-refractivity contribution in [3.05, 3.63) is 35.8 Å². The molecule has 0 bridgehead atoms. The predicted octanol–water partition coefficient (Wildman–Crippen LogP) is 2.43. The fraction of sp³-hybridized carbons (Fsp3) is 0.474. The summed E-state index contributed by atoms with van der Waals surface area (Å²) in [5.74, 6) is 1.90. The van der Waals surface area contributed by atoms with Crippen LogP contribution in [0.3, 0.4) is 0 Å². The Morgan fingerprint density at radius 2 is 1.80 bits per heavy atom. The molecular formula is C19H23N5O. The normalized spacial score (nSPS) is 17.3. The number of carbonyl (C=O) groups is 1. The monoisotopic (exact) mass is 337 g/mol. The Bertz CT molecular complexity index is 771. The molecule has 1 fully saturated rings. The van der Waals surface area contributed by atoms with Crippen LogP contribution in [0.1, 0.15) is 37.4 Å². The Morgan fingerprint density at radius 1 is 1.04 bits per heavy atom. The van der Waals surface area contributed by atoms with E-state index in [2.05, 4.69) is 9.88 Å². The second-order valence-corrected chi connectivity index (χ2v) is 6.77. The summed E-state index contributed by atoms with van der Waals surface area (Å²) in [5.41, 5.74) is 3.20.